The molecule has 0 aliphatic heterocycles. The van der Waals surface area contributed by atoms with E-state index in [1.54, 1.807) is 0 Å². The number of hydrogen-bond acceptors (Lipinski definition) is 2. The molecule has 122 valence electrons. The van der Waals surface area contributed by atoms with Gasteiger partial charge in [0.25, 0.3) is 0 Å². The molecular weight excluding hydrogens is 282 g/mol. The standard InChI is InChI=1S/C21H27NO/c1-2-22(20-11-7-4-8-12-20)23-21-15-13-19(14-16-21)17-18-9-5-3-6-10-18/h3,5-6,9-10,13-16,20H,2,4,7-8,11-12,17H2,1H3. The highest BCUT2D eigenvalue weighted by molar-refractivity contribution is 5.31. The third-order valence-electron chi connectivity index (χ3n) is 4.69. The molecule has 0 amide bonds. The fourth-order valence-electron chi connectivity index (χ4n) is 3.40. The van der Waals surface area contributed by atoms with Gasteiger partial charge in [-0.3, -0.25) is 0 Å². The van der Waals surface area contributed by atoms with Gasteiger partial charge in [-0.05, 0) is 49.4 Å². The second kappa shape index (κ2) is 8.16. The van der Waals surface area contributed by atoms with Gasteiger partial charge in [0.05, 0.1) is 0 Å². The van der Waals surface area contributed by atoms with E-state index in [9.17, 15) is 0 Å². The molecule has 0 unspecified atom stereocenters. The summed E-state index contributed by atoms with van der Waals surface area (Å²) >= 11 is 0. The Balaban J connectivity index is 1.60. The topological polar surface area (TPSA) is 12.5 Å². The molecule has 0 saturated heterocycles. The van der Waals surface area contributed by atoms with Crippen LogP contribution in [0.3, 0.4) is 0 Å². The zero-order valence-corrected chi connectivity index (χ0v) is 14.1. The van der Waals surface area contributed by atoms with Crippen molar-refractivity contribution in [2.45, 2.75) is 51.5 Å². The second-order valence-electron chi connectivity index (χ2n) is 6.42. The zero-order valence-electron chi connectivity index (χ0n) is 14.1. The first-order valence-electron chi connectivity index (χ1n) is 8.92. The monoisotopic (exact) mass is 309 g/mol. The van der Waals surface area contributed by atoms with Crippen molar-refractivity contribution in [2.24, 2.45) is 0 Å². The molecule has 3 rings (SSSR count). The summed E-state index contributed by atoms with van der Waals surface area (Å²) in [5.41, 5.74) is 2.67. The minimum absolute atomic E-state index is 0.581. The first-order chi connectivity index (χ1) is 11.3. The van der Waals surface area contributed by atoms with Crippen molar-refractivity contribution >= 4 is 0 Å². The van der Waals surface area contributed by atoms with Crippen molar-refractivity contribution in [3.05, 3.63) is 65.7 Å². The van der Waals surface area contributed by atoms with Crippen LogP contribution in [0.5, 0.6) is 5.75 Å². The molecule has 0 bridgehead atoms. The predicted octanol–water partition coefficient (Wildman–Crippen LogP) is 5.23. The summed E-state index contributed by atoms with van der Waals surface area (Å²) in [6.45, 7) is 3.12. The summed E-state index contributed by atoms with van der Waals surface area (Å²) in [5, 5.41) is 2.17. The average Bonchev–Trinajstić information content (AvgIpc) is 2.63. The molecule has 0 radical (unpaired) electrons. The van der Waals surface area contributed by atoms with Gasteiger partial charge in [0.2, 0.25) is 0 Å². The number of hydroxylamine groups is 2. The Labute approximate surface area is 140 Å². The lowest BCUT2D eigenvalue weighted by Crippen LogP contribution is -2.39. The lowest BCUT2D eigenvalue weighted by atomic mass is 9.95. The smallest absolute Gasteiger partial charge is 0.147 e. The number of nitrogens with zero attached hydrogens (tertiary/aromatic N) is 1. The molecule has 1 fully saturated rings. The molecule has 0 spiro atoms. The molecule has 0 atom stereocenters. The maximum absolute atomic E-state index is 6.14. The quantitative estimate of drug-likeness (QED) is 0.678. The van der Waals surface area contributed by atoms with Crippen LogP contribution >= 0.6 is 0 Å². The molecule has 0 heterocycles. The van der Waals surface area contributed by atoms with Gasteiger partial charge < -0.3 is 4.84 Å². The Morgan fingerprint density at radius 1 is 0.870 bits per heavy atom. The molecule has 0 N–H and O–H groups in total. The maximum atomic E-state index is 6.14. The van der Waals surface area contributed by atoms with Crippen LogP contribution in [0.15, 0.2) is 54.6 Å². The van der Waals surface area contributed by atoms with Gasteiger partial charge in [-0.25, -0.2) is 0 Å². The van der Waals surface area contributed by atoms with Crippen LogP contribution in [-0.4, -0.2) is 17.6 Å². The van der Waals surface area contributed by atoms with Gasteiger partial charge in [-0.15, -0.1) is 5.06 Å². The van der Waals surface area contributed by atoms with E-state index in [1.165, 1.54) is 43.2 Å². The molecule has 2 heteroatoms. The van der Waals surface area contributed by atoms with Crippen molar-refractivity contribution in [3.8, 4) is 5.75 Å². The van der Waals surface area contributed by atoms with Crippen LogP contribution in [0.2, 0.25) is 0 Å². The van der Waals surface area contributed by atoms with E-state index in [2.05, 4.69) is 66.6 Å². The van der Waals surface area contributed by atoms with Gasteiger partial charge in [0.15, 0.2) is 0 Å². The van der Waals surface area contributed by atoms with Gasteiger partial charge in [-0.2, -0.15) is 0 Å². The normalized spacial score (nSPS) is 15.7. The van der Waals surface area contributed by atoms with Crippen LogP contribution in [-0.2, 0) is 6.42 Å². The van der Waals surface area contributed by atoms with E-state index in [0.29, 0.717) is 6.04 Å². The zero-order chi connectivity index (χ0) is 15.9. The van der Waals surface area contributed by atoms with Crippen molar-refractivity contribution in [3.63, 3.8) is 0 Å². The van der Waals surface area contributed by atoms with E-state index in [0.717, 1.165) is 18.7 Å². The second-order valence-corrected chi connectivity index (χ2v) is 6.42. The van der Waals surface area contributed by atoms with Crippen LogP contribution in [0.25, 0.3) is 0 Å². The third kappa shape index (κ3) is 4.59. The van der Waals surface area contributed by atoms with E-state index in [4.69, 9.17) is 4.84 Å². The molecule has 2 aromatic carbocycles. The van der Waals surface area contributed by atoms with Crippen molar-refractivity contribution in [2.75, 3.05) is 6.54 Å². The first kappa shape index (κ1) is 16.1. The molecule has 23 heavy (non-hydrogen) atoms. The van der Waals surface area contributed by atoms with Crippen molar-refractivity contribution in [1.82, 2.24) is 5.06 Å². The SMILES string of the molecule is CCN(Oc1ccc(Cc2ccccc2)cc1)C1CCCCC1. The van der Waals surface area contributed by atoms with E-state index >= 15 is 0 Å². The summed E-state index contributed by atoms with van der Waals surface area (Å²) in [7, 11) is 0. The Morgan fingerprint density at radius 2 is 1.52 bits per heavy atom. The number of benzene rings is 2. The van der Waals surface area contributed by atoms with Crippen LogP contribution in [0, 0.1) is 0 Å². The predicted molar refractivity (Wildman–Crippen MR) is 95.6 cm³/mol. The van der Waals surface area contributed by atoms with Crippen LogP contribution < -0.4 is 4.84 Å². The van der Waals surface area contributed by atoms with Gasteiger partial charge in [0.1, 0.15) is 5.75 Å². The van der Waals surface area contributed by atoms with E-state index < -0.39 is 0 Å². The first-order valence-corrected chi connectivity index (χ1v) is 8.92. The van der Waals surface area contributed by atoms with Gasteiger partial charge in [-0.1, -0.05) is 61.7 Å². The lowest BCUT2D eigenvalue weighted by Gasteiger charge is -2.32. The molecule has 1 saturated carbocycles. The Kier molecular flexibility index (Phi) is 5.71. The number of rotatable bonds is 6. The average molecular weight is 309 g/mol. The lowest BCUT2D eigenvalue weighted by molar-refractivity contribution is -0.101. The molecule has 0 aromatic heterocycles. The fourth-order valence-corrected chi connectivity index (χ4v) is 3.40. The summed E-state index contributed by atoms with van der Waals surface area (Å²) in [6.07, 6.45) is 7.55. The minimum atomic E-state index is 0.581. The van der Waals surface area contributed by atoms with Crippen LogP contribution in [0.1, 0.15) is 50.2 Å². The maximum Gasteiger partial charge on any atom is 0.147 e. The number of hydrogen-bond donors (Lipinski definition) is 0. The summed E-state index contributed by atoms with van der Waals surface area (Å²) in [6, 6.07) is 19.7. The minimum Gasteiger partial charge on any atom is -0.406 e. The summed E-state index contributed by atoms with van der Waals surface area (Å²) in [4.78, 5) is 6.14. The Hall–Kier alpha value is -1.80. The highest BCUT2D eigenvalue weighted by atomic mass is 16.7. The molecular formula is C21H27NO. The highest BCUT2D eigenvalue weighted by Gasteiger charge is 2.21. The van der Waals surface area contributed by atoms with Gasteiger partial charge in [0, 0.05) is 12.6 Å². The van der Waals surface area contributed by atoms with E-state index in [1.807, 2.05) is 0 Å². The van der Waals surface area contributed by atoms with E-state index in [-0.39, 0.29) is 0 Å². The third-order valence-corrected chi connectivity index (χ3v) is 4.69. The molecule has 2 aromatic rings. The fraction of sp³-hybridized carbons (Fsp3) is 0.429. The van der Waals surface area contributed by atoms with Crippen LogP contribution in [0.4, 0.5) is 0 Å². The highest BCUT2D eigenvalue weighted by Crippen LogP contribution is 2.24. The Bertz CT molecular complexity index is 573. The summed E-state index contributed by atoms with van der Waals surface area (Å²) in [5.74, 6) is 0.953. The Morgan fingerprint density at radius 3 is 2.17 bits per heavy atom. The molecule has 1 aliphatic carbocycles. The summed E-state index contributed by atoms with van der Waals surface area (Å²) < 4.78 is 0. The molecule has 1 aliphatic rings. The van der Waals surface area contributed by atoms with Crippen molar-refractivity contribution < 1.29 is 4.84 Å². The van der Waals surface area contributed by atoms with Crippen molar-refractivity contribution in [1.29, 1.82) is 0 Å². The van der Waals surface area contributed by atoms with Gasteiger partial charge >= 0.3 is 0 Å². The largest absolute Gasteiger partial charge is 0.406 e. The molecule has 2 nitrogen and oxygen atoms in total.